The first-order chi connectivity index (χ1) is 5.62. The molecule has 0 aliphatic rings. The first-order valence-electron chi connectivity index (χ1n) is 3.37. The smallest absolute Gasteiger partial charge is 0.345 e. The predicted octanol–water partition coefficient (Wildman–Crippen LogP) is 2.38. The maximum atomic E-state index is 12.8. The fourth-order valence-electron chi connectivity index (χ4n) is 0.594. The van der Waals surface area contributed by atoms with Crippen LogP contribution in [0.15, 0.2) is 25.3 Å². The van der Waals surface area contributed by atoms with Crippen molar-refractivity contribution in [3.05, 3.63) is 25.3 Å². The monoisotopic (exact) mass is 198 g/mol. The van der Waals surface area contributed by atoms with E-state index in [9.17, 15) is 17.6 Å². The standard InChI is InChI=1S/C8H10F4O/c1-4-6(3,13)8(11,12)7(9,10)5-2/h4-5,13H,1-2H2,3H3. The lowest BCUT2D eigenvalue weighted by Crippen LogP contribution is -2.55. The highest BCUT2D eigenvalue weighted by Gasteiger charge is 2.63. The fraction of sp³-hybridized carbons (Fsp3) is 0.500. The minimum Gasteiger partial charge on any atom is -0.379 e. The molecule has 1 atom stereocenters. The van der Waals surface area contributed by atoms with Gasteiger partial charge < -0.3 is 5.11 Å². The van der Waals surface area contributed by atoms with Crippen molar-refractivity contribution in [1.82, 2.24) is 0 Å². The molecule has 0 amide bonds. The van der Waals surface area contributed by atoms with Crippen LogP contribution in [0, 0.1) is 0 Å². The Balaban J connectivity index is 5.18. The Kier molecular flexibility index (Phi) is 2.94. The van der Waals surface area contributed by atoms with Crippen molar-refractivity contribution in [2.75, 3.05) is 0 Å². The molecule has 76 valence electrons. The molecule has 0 radical (unpaired) electrons. The molecule has 0 aliphatic carbocycles. The molecule has 0 aliphatic heterocycles. The molecular formula is C8H10F4O. The molecule has 0 bridgehead atoms. The summed E-state index contributed by atoms with van der Waals surface area (Å²) in [5, 5.41) is 8.92. The van der Waals surface area contributed by atoms with Gasteiger partial charge in [0.15, 0.2) is 0 Å². The minimum absolute atomic E-state index is 0.203. The van der Waals surface area contributed by atoms with Gasteiger partial charge in [-0.2, -0.15) is 17.6 Å². The molecule has 0 fully saturated rings. The predicted molar refractivity (Wildman–Crippen MR) is 40.9 cm³/mol. The van der Waals surface area contributed by atoms with E-state index in [0.29, 0.717) is 13.0 Å². The van der Waals surface area contributed by atoms with Gasteiger partial charge in [0.25, 0.3) is 0 Å². The van der Waals surface area contributed by atoms with Crippen LogP contribution in [0.5, 0.6) is 0 Å². The quantitative estimate of drug-likeness (QED) is 0.543. The minimum atomic E-state index is -4.62. The highest BCUT2D eigenvalue weighted by molar-refractivity contribution is 5.13. The van der Waals surface area contributed by atoms with E-state index in [1.807, 2.05) is 0 Å². The number of aliphatic hydroxyl groups is 1. The Bertz CT molecular complexity index is 198. The largest absolute Gasteiger partial charge is 0.379 e. The molecule has 0 aromatic carbocycles. The van der Waals surface area contributed by atoms with Gasteiger partial charge >= 0.3 is 11.8 Å². The van der Waals surface area contributed by atoms with Crippen LogP contribution in [-0.2, 0) is 0 Å². The van der Waals surface area contributed by atoms with Crippen LogP contribution < -0.4 is 0 Å². The highest BCUT2D eigenvalue weighted by atomic mass is 19.3. The van der Waals surface area contributed by atoms with Crippen LogP contribution >= 0.6 is 0 Å². The number of alkyl halides is 4. The summed E-state index contributed by atoms with van der Waals surface area (Å²) in [4.78, 5) is 0. The van der Waals surface area contributed by atoms with E-state index < -0.39 is 17.4 Å². The molecule has 1 N–H and O–H groups in total. The third-order valence-electron chi connectivity index (χ3n) is 1.71. The maximum Gasteiger partial charge on any atom is 0.345 e. The summed E-state index contributed by atoms with van der Waals surface area (Å²) in [6.07, 6.45) is 0.162. The van der Waals surface area contributed by atoms with Gasteiger partial charge in [0, 0.05) is 0 Å². The van der Waals surface area contributed by atoms with Crippen molar-refractivity contribution in [2.24, 2.45) is 0 Å². The van der Waals surface area contributed by atoms with Crippen LogP contribution in [0.3, 0.4) is 0 Å². The van der Waals surface area contributed by atoms with Crippen molar-refractivity contribution in [3.63, 3.8) is 0 Å². The zero-order valence-corrected chi connectivity index (χ0v) is 7.03. The Morgan fingerprint density at radius 1 is 1.08 bits per heavy atom. The summed E-state index contributed by atoms with van der Waals surface area (Å²) >= 11 is 0. The van der Waals surface area contributed by atoms with E-state index in [1.165, 1.54) is 0 Å². The molecule has 0 saturated heterocycles. The Morgan fingerprint density at radius 3 is 1.69 bits per heavy atom. The number of rotatable bonds is 4. The SMILES string of the molecule is C=CC(C)(O)C(F)(F)C(F)(F)C=C. The lowest BCUT2D eigenvalue weighted by Gasteiger charge is -2.33. The van der Waals surface area contributed by atoms with E-state index in [0.717, 1.165) is 0 Å². The van der Waals surface area contributed by atoms with Crippen molar-refractivity contribution >= 4 is 0 Å². The third-order valence-corrected chi connectivity index (χ3v) is 1.71. The van der Waals surface area contributed by atoms with E-state index >= 15 is 0 Å². The normalized spacial score (nSPS) is 17.7. The van der Waals surface area contributed by atoms with E-state index in [-0.39, 0.29) is 6.08 Å². The lowest BCUT2D eigenvalue weighted by atomic mass is 9.93. The van der Waals surface area contributed by atoms with Gasteiger partial charge in [-0.15, -0.1) is 6.58 Å². The molecule has 5 heteroatoms. The molecule has 0 saturated carbocycles. The van der Waals surface area contributed by atoms with E-state index in [1.54, 1.807) is 0 Å². The second-order valence-electron chi connectivity index (χ2n) is 2.75. The average Bonchev–Trinajstić information content (AvgIpc) is 2.03. The summed E-state index contributed by atoms with van der Waals surface area (Å²) in [5.74, 6) is -9.09. The van der Waals surface area contributed by atoms with Crippen LogP contribution in [0.25, 0.3) is 0 Å². The lowest BCUT2D eigenvalue weighted by molar-refractivity contribution is -0.251. The molecule has 13 heavy (non-hydrogen) atoms. The highest BCUT2D eigenvalue weighted by Crippen LogP contribution is 2.43. The van der Waals surface area contributed by atoms with Crippen molar-refractivity contribution in [1.29, 1.82) is 0 Å². The molecule has 1 nitrogen and oxygen atoms in total. The molecule has 0 aromatic heterocycles. The van der Waals surface area contributed by atoms with Gasteiger partial charge in [-0.05, 0) is 13.0 Å². The molecular weight excluding hydrogens is 188 g/mol. The van der Waals surface area contributed by atoms with Gasteiger partial charge in [0.2, 0.25) is 0 Å². The third kappa shape index (κ3) is 1.75. The second-order valence-corrected chi connectivity index (χ2v) is 2.75. The molecule has 0 rings (SSSR count). The summed E-state index contributed by atoms with van der Waals surface area (Å²) in [7, 11) is 0. The van der Waals surface area contributed by atoms with Crippen LogP contribution in [0.4, 0.5) is 17.6 Å². The maximum absolute atomic E-state index is 12.8. The zero-order valence-electron chi connectivity index (χ0n) is 7.03. The molecule has 1 unspecified atom stereocenters. The Labute approximate surface area is 73.4 Å². The summed E-state index contributed by atoms with van der Waals surface area (Å²) in [6, 6.07) is 0. The fourth-order valence-corrected chi connectivity index (χ4v) is 0.594. The van der Waals surface area contributed by atoms with E-state index in [2.05, 4.69) is 13.2 Å². The molecule has 0 aromatic rings. The van der Waals surface area contributed by atoms with Crippen LogP contribution in [0.1, 0.15) is 6.92 Å². The van der Waals surface area contributed by atoms with Gasteiger partial charge in [-0.25, -0.2) is 0 Å². The van der Waals surface area contributed by atoms with E-state index in [4.69, 9.17) is 5.11 Å². The van der Waals surface area contributed by atoms with Crippen molar-refractivity contribution in [3.8, 4) is 0 Å². The second kappa shape index (κ2) is 3.14. The Hall–Kier alpha value is -0.840. The zero-order chi connectivity index (χ0) is 10.9. The number of hydrogen-bond donors (Lipinski definition) is 1. The van der Waals surface area contributed by atoms with Crippen LogP contribution in [0.2, 0.25) is 0 Å². The van der Waals surface area contributed by atoms with Gasteiger partial charge in [-0.1, -0.05) is 12.7 Å². The van der Waals surface area contributed by atoms with Crippen LogP contribution in [-0.4, -0.2) is 22.6 Å². The topological polar surface area (TPSA) is 20.2 Å². The Morgan fingerprint density at radius 2 is 1.46 bits per heavy atom. The summed E-state index contributed by atoms with van der Waals surface area (Å²) in [5.41, 5.74) is -2.97. The van der Waals surface area contributed by atoms with Crippen molar-refractivity contribution in [2.45, 2.75) is 24.4 Å². The van der Waals surface area contributed by atoms with Gasteiger partial charge in [-0.3, -0.25) is 0 Å². The number of allylic oxidation sites excluding steroid dienone is 1. The summed E-state index contributed by atoms with van der Waals surface area (Å²) < 4.78 is 50.7. The first-order valence-corrected chi connectivity index (χ1v) is 3.37. The summed E-state index contributed by atoms with van der Waals surface area (Å²) in [6.45, 7) is 5.97. The number of hydrogen-bond acceptors (Lipinski definition) is 1. The molecule has 0 spiro atoms. The number of halogens is 4. The first kappa shape index (κ1) is 12.2. The molecule has 0 heterocycles. The van der Waals surface area contributed by atoms with Crippen molar-refractivity contribution < 1.29 is 22.7 Å². The average molecular weight is 198 g/mol. The van der Waals surface area contributed by atoms with Gasteiger partial charge in [0.1, 0.15) is 5.60 Å². The van der Waals surface area contributed by atoms with Gasteiger partial charge in [0.05, 0.1) is 0 Å².